The standard InChI is InChI=1S/C9H14ClNO4S2/c1-15-6-7(12)4-5-11-17(13,14)9-3-2-8(10)16-9/h2-3,7,11-12H,4-6H2,1H3. The molecule has 0 radical (unpaired) electrons. The van der Waals surface area contributed by atoms with Gasteiger partial charge in [-0.3, -0.25) is 0 Å². The summed E-state index contributed by atoms with van der Waals surface area (Å²) in [5, 5.41) is 9.34. The van der Waals surface area contributed by atoms with Crippen LogP contribution in [-0.2, 0) is 14.8 Å². The Morgan fingerprint density at radius 2 is 2.29 bits per heavy atom. The van der Waals surface area contributed by atoms with Gasteiger partial charge in [-0.2, -0.15) is 0 Å². The Morgan fingerprint density at radius 3 is 2.82 bits per heavy atom. The highest BCUT2D eigenvalue weighted by Crippen LogP contribution is 2.25. The zero-order valence-electron chi connectivity index (χ0n) is 9.22. The Bertz CT molecular complexity index is 446. The quantitative estimate of drug-likeness (QED) is 0.790. The monoisotopic (exact) mass is 299 g/mol. The average molecular weight is 300 g/mol. The van der Waals surface area contributed by atoms with E-state index in [2.05, 4.69) is 4.72 Å². The van der Waals surface area contributed by atoms with Crippen LogP contribution in [0, 0.1) is 0 Å². The molecule has 1 atom stereocenters. The van der Waals surface area contributed by atoms with Gasteiger partial charge in [0.2, 0.25) is 10.0 Å². The molecule has 0 amide bonds. The van der Waals surface area contributed by atoms with E-state index in [9.17, 15) is 13.5 Å². The van der Waals surface area contributed by atoms with E-state index in [1.165, 1.54) is 19.2 Å². The fourth-order valence-electron chi connectivity index (χ4n) is 1.15. The van der Waals surface area contributed by atoms with Crippen molar-refractivity contribution in [2.24, 2.45) is 0 Å². The van der Waals surface area contributed by atoms with Crippen LogP contribution in [0.5, 0.6) is 0 Å². The molecular formula is C9H14ClNO4S2. The van der Waals surface area contributed by atoms with E-state index >= 15 is 0 Å². The first-order valence-corrected chi connectivity index (χ1v) is 7.55. The zero-order chi connectivity index (χ0) is 12.9. The van der Waals surface area contributed by atoms with Crippen LogP contribution in [0.2, 0.25) is 4.34 Å². The number of aliphatic hydroxyl groups is 1. The molecule has 0 aliphatic heterocycles. The first kappa shape index (κ1) is 14.9. The molecule has 1 aromatic heterocycles. The number of halogens is 1. The summed E-state index contributed by atoms with van der Waals surface area (Å²) < 4.78 is 31.1. The van der Waals surface area contributed by atoms with E-state index in [-0.39, 0.29) is 17.4 Å². The minimum atomic E-state index is -3.52. The van der Waals surface area contributed by atoms with Crippen molar-refractivity contribution in [1.82, 2.24) is 4.72 Å². The van der Waals surface area contributed by atoms with Gasteiger partial charge in [-0.25, -0.2) is 13.1 Å². The summed E-state index contributed by atoms with van der Waals surface area (Å²) in [6.07, 6.45) is -0.374. The van der Waals surface area contributed by atoms with Gasteiger partial charge in [-0.1, -0.05) is 11.6 Å². The second-order valence-electron chi connectivity index (χ2n) is 3.35. The first-order chi connectivity index (χ1) is 7.95. The Kier molecular flexibility index (Phi) is 5.84. The Balaban J connectivity index is 2.46. The maximum Gasteiger partial charge on any atom is 0.250 e. The molecule has 1 aromatic rings. The Hall–Kier alpha value is -0.180. The highest BCUT2D eigenvalue weighted by Gasteiger charge is 2.16. The van der Waals surface area contributed by atoms with Crippen LogP contribution < -0.4 is 4.72 Å². The number of methoxy groups -OCH3 is 1. The summed E-state index contributed by atoms with van der Waals surface area (Å²) in [6.45, 7) is 0.342. The molecule has 2 N–H and O–H groups in total. The zero-order valence-corrected chi connectivity index (χ0v) is 11.6. The number of hydrogen-bond donors (Lipinski definition) is 2. The molecule has 0 aliphatic rings. The molecule has 0 aromatic carbocycles. The Morgan fingerprint density at radius 1 is 1.59 bits per heavy atom. The number of hydrogen-bond acceptors (Lipinski definition) is 5. The van der Waals surface area contributed by atoms with Crippen LogP contribution in [0.25, 0.3) is 0 Å². The minimum Gasteiger partial charge on any atom is -0.391 e. The molecule has 8 heteroatoms. The van der Waals surface area contributed by atoms with Crippen LogP contribution >= 0.6 is 22.9 Å². The van der Waals surface area contributed by atoms with Gasteiger partial charge in [-0.15, -0.1) is 11.3 Å². The van der Waals surface area contributed by atoms with Gasteiger partial charge in [0, 0.05) is 13.7 Å². The highest BCUT2D eigenvalue weighted by molar-refractivity contribution is 7.91. The number of rotatable bonds is 7. The molecule has 0 spiro atoms. The topological polar surface area (TPSA) is 75.6 Å². The predicted molar refractivity (Wildman–Crippen MR) is 67.0 cm³/mol. The molecule has 1 heterocycles. The van der Waals surface area contributed by atoms with Crippen LogP contribution in [0.3, 0.4) is 0 Å². The first-order valence-electron chi connectivity index (χ1n) is 4.87. The lowest BCUT2D eigenvalue weighted by molar-refractivity contribution is 0.0603. The second kappa shape index (κ2) is 6.67. The van der Waals surface area contributed by atoms with Gasteiger partial charge in [0.05, 0.1) is 17.0 Å². The number of nitrogens with one attached hydrogen (secondary N) is 1. The molecule has 0 fully saturated rings. The highest BCUT2D eigenvalue weighted by atomic mass is 35.5. The van der Waals surface area contributed by atoms with E-state index < -0.39 is 16.1 Å². The van der Waals surface area contributed by atoms with Gasteiger partial charge in [0.1, 0.15) is 4.21 Å². The molecule has 0 aliphatic carbocycles. The van der Waals surface area contributed by atoms with Crippen molar-refractivity contribution in [1.29, 1.82) is 0 Å². The van der Waals surface area contributed by atoms with Gasteiger partial charge in [0.15, 0.2) is 0 Å². The molecule has 1 rings (SSSR count). The lowest BCUT2D eigenvalue weighted by atomic mass is 10.3. The largest absolute Gasteiger partial charge is 0.391 e. The van der Waals surface area contributed by atoms with E-state index in [1.807, 2.05) is 0 Å². The third-order valence-corrected chi connectivity index (χ3v) is 5.13. The van der Waals surface area contributed by atoms with Gasteiger partial charge < -0.3 is 9.84 Å². The molecule has 17 heavy (non-hydrogen) atoms. The van der Waals surface area contributed by atoms with Crippen molar-refractivity contribution in [3.05, 3.63) is 16.5 Å². The van der Waals surface area contributed by atoms with Crippen LogP contribution in [0.15, 0.2) is 16.3 Å². The molecule has 0 saturated heterocycles. The fourth-order valence-corrected chi connectivity index (χ4v) is 3.72. The summed E-state index contributed by atoms with van der Waals surface area (Å²) in [5.74, 6) is 0. The SMILES string of the molecule is COCC(O)CCNS(=O)(=O)c1ccc(Cl)s1. The summed E-state index contributed by atoms with van der Waals surface area (Å²) in [5.41, 5.74) is 0. The molecular weight excluding hydrogens is 286 g/mol. The van der Waals surface area contributed by atoms with Crippen LogP contribution in [0.1, 0.15) is 6.42 Å². The third-order valence-electron chi connectivity index (χ3n) is 1.94. The van der Waals surface area contributed by atoms with Gasteiger partial charge >= 0.3 is 0 Å². The molecule has 1 unspecified atom stereocenters. The van der Waals surface area contributed by atoms with Crippen molar-refractivity contribution in [2.75, 3.05) is 20.3 Å². The van der Waals surface area contributed by atoms with Crippen molar-refractivity contribution < 1.29 is 18.3 Å². The Labute approximate surface area is 109 Å². The maximum absolute atomic E-state index is 11.7. The lowest BCUT2D eigenvalue weighted by Gasteiger charge is -2.09. The number of aliphatic hydroxyl groups excluding tert-OH is 1. The number of ether oxygens (including phenoxy) is 1. The second-order valence-corrected chi connectivity index (χ2v) is 7.06. The minimum absolute atomic E-state index is 0.155. The number of thiophene rings is 1. The summed E-state index contributed by atoms with van der Waals surface area (Å²) in [6, 6.07) is 2.97. The van der Waals surface area contributed by atoms with Crippen molar-refractivity contribution in [3.8, 4) is 0 Å². The normalized spacial score (nSPS) is 13.8. The van der Waals surface area contributed by atoms with Crippen molar-refractivity contribution >= 4 is 33.0 Å². The van der Waals surface area contributed by atoms with E-state index in [0.717, 1.165) is 11.3 Å². The smallest absolute Gasteiger partial charge is 0.250 e. The van der Waals surface area contributed by atoms with E-state index in [1.54, 1.807) is 0 Å². The lowest BCUT2D eigenvalue weighted by Crippen LogP contribution is -2.28. The fraction of sp³-hybridized carbons (Fsp3) is 0.556. The van der Waals surface area contributed by atoms with Crippen LogP contribution in [0.4, 0.5) is 0 Å². The predicted octanol–water partition coefficient (Wildman–Crippen LogP) is 1.08. The summed E-state index contributed by atoms with van der Waals surface area (Å²) in [4.78, 5) is 0. The summed E-state index contributed by atoms with van der Waals surface area (Å²) in [7, 11) is -2.04. The van der Waals surface area contributed by atoms with Crippen molar-refractivity contribution in [3.63, 3.8) is 0 Å². The van der Waals surface area contributed by atoms with Gasteiger partial charge in [0.25, 0.3) is 0 Å². The molecule has 5 nitrogen and oxygen atoms in total. The summed E-state index contributed by atoms with van der Waals surface area (Å²) >= 11 is 6.65. The average Bonchev–Trinajstić information content (AvgIpc) is 2.65. The van der Waals surface area contributed by atoms with E-state index in [4.69, 9.17) is 16.3 Å². The van der Waals surface area contributed by atoms with E-state index in [0.29, 0.717) is 10.8 Å². The maximum atomic E-state index is 11.7. The van der Waals surface area contributed by atoms with Crippen molar-refractivity contribution in [2.45, 2.75) is 16.7 Å². The number of sulfonamides is 1. The van der Waals surface area contributed by atoms with Crippen LogP contribution in [-0.4, -0.2) is 39.9 Å². The third kappa shape index (κ3) is 4.90. The molecule has 0 bridgehead atoms. The van der Waals surface area contributed by atoms with Gasteiger partial charge in [-0.05, 0) is 18.6 Å². The molecule has 0 saturated carbocycles. The molecule has 98 valence electrons.